The molecule has 0 radical (unpaired) electrons. The number of rotatable bonds is 15. The predicted molar refractivity (Wildman–Crippen MR) is 170 cm³/mol. The smallest absolute Gasteiger partial charge is 0.295 e. The van der Waals surface area contributed by atoms with Crippen LogP contribution in [0, 0.1) is 12.8 Å². The Morgan fingerprint density at radius 2 is 1.70 bits per heavy atom. The van der Waals surface area contributed by atoms with E-state index in [0.717, 1.165) is 50.2 Å². The number of Topliss-reactive ketones (excluding diaryl/α,β-unsaturated/α-hetero) is 1. The lowest BCUT2D eigenvalue weighted by atomic mass is 9.94. The van der Waals surface area contributed by atoms with Crippen molar-refractivity contribution in [2.24, 2.45) is 5.92 Å². The first-order valence-electron chi connectivity index (χ1n) is 15.9. The highest BCUT2D eigenvalue weighted by Gasteiger charge is 2.46. The molecule has 0 saturated carbocycles. The van der Waals surface area contributed by atoms with E-state index >= 15 is 0 Å². The Hall–Kier alpha value is -3.56. The van der Waals surface area contributed by atoms with Gasteiger partial charge < -0.3 is 29.0 Å². The number of hydrogen-bond donors (Lipinski definition) is 1. The summed E-state index contributed by atoms with van der Waals surface area (Å²) >= 11 is 0. The van der Waals surface area contributed by atoms with Gasteiger partial charge in [0.25, 0.3) is 11.7 Å². The molecule has 1 N–H and O–H groups in total. The molecule has 9 nitrogen and oxygen atoms in total. The first kappa shape index (κ1) is 33.3. The third-order valence-corrected chi connectivity index (χ3v) is 8.18. The first-order valence-corrected chi connectivity index (χ1v) is 15.9. The fourth-order valence-electron chi connectivity index (χ4n) is 5.57. The number of amides is 1. The third kappa shape index (κ3) is 8.12. The van der Waals surface area contributed by atoms with E-state index in [-0.39, 0.29) is 11.3 Å². The SMILES string of the molecule is CCCCOc1ccc(/C(O)=C2\C(=O)C(=O)N(CCCN3CCOCC3)C2c2ccc(OCCC(C)C)c(OC)c2)cc1C. The maximum Gasteiger partial charge on any atom is 0.295 e. The van der Waals surface area contributed by atoms with E-state index in [2.05, 4.69) is 25.7 Å². The van der Waals surface area contributed by atoms with Gasteiger partial charge in [-0.2, -0.15) is 0 Å². The molecular formula is C35H48N2O7. The van der Waals surface area contributed by atoms with Crippen LogP contribution < -0.4 is 14.2 Å². The number of ether oxygens (including phenoxy) is 4. The standard InChI is InChI=1S/C35H48N2O7/c1-6-7-18-43-28-11-10-27(22-25(28)4)33(38)31-32(26-9-12-29(30(23-26)41-5)44-19-13-24(2)3)37(35(40)34(31)39)15-8-14-36-16-20-42-21-17-36/h9-12,22-24,32,38H,6-8,13-21H2,1-5H3/b33-31+. The molecule has 1 atom stereocenters. The van der Waals surface area contributed by atoms with E-state index in [4.69, 9.17) is 18.9 Å². The number of aliphatic hydroxyl groups excluding tert-OH is 1. The minimum atomic E-state index is -0.779. The summed E-state index contributed by atoms with van der Waals surface area (Å²) in [7, 11) is 1.57. The van der Waals surface area contributed by atoms with Crippen molar-refractivity contribution < 1.29 is 33.6 Å². The van der Waals surface area contributed by atoms with Crippen LogP contribution in [0.15, 0.2) is 42.0 Å². The fraction of sp³-hybridized carbons (Fsp3) is 0.543. The zero-order chi connectivity index (χ0) is 31.6. The molecule has 2 saturated heterocycles. The first-order chi connectivity index (χ1) is 21.2. The van der Waals surface area contributed by atoms with Gasteiger partial charge in [0.1, 0.15) is 11.5 Å². The number of unbranched alkanes of at least 4 members (excludes halogenated alkanes) is 1. The van der Waals surface area contributed by atoms with Gasteiger partial charge in [0, 0.05) is 31.7 Å². The number of carbonyl (C=O) groups is 2. The van der Waals surface area contributed by atoms with Gasteiger partial charge in [0.15, 0.2) is 11.5 Å². The number of benzene rings is 2. The second-order valence-corrected chi connectivity index (χ2v) is 11.9. The molecule has 0 aromatic heterocycles. The molecule has 2 fully saturated rings. The van der Waals surface area contributed by atoms with Gasteiger partial charge in [-0.3, -0.25) is 14.5 Å². The number of carbonyl (C=O) groups excluding carboxylic acids is 2. The van der Waals surface area contributed by atoms with Crippen LogP contribution in [0.2, 0.25) is 0 Å². The quantitative estimate of drug-likeness (QED) is 0.118. The van der Waals surface area contributed by atoms with Crippen LogP contribution in [-0.2, 0) is 14.3 Å². The molecule has 2 aliphatic rings. The average molecular weight is 609 g/mol. The summed E-state index contributed by atoms with van der Waals surface area (Å²) in [5.74, 6) is 0.807. The van der Waals surface area contributed by atoms with Crippen LogP contribution in [0.1, 0.15) is 69.2 Å². The molecule has 44 heavy (non-hydrogen) atoms. The molecule has 4 rings (SSSR count). The van der Waals surface area contributed by atoms with Crippen molar-refractivity contribution in [3.63, 3.8) is 0 Å². The van der Waals surface area contributed by atoms with Gasteiger partial charge in [-0.05, 0) is 73.6 Å². The highest BCUT2D eigenvalue weighted by molar-refractivity contribution is 6.46. The molecule has 240 valence electrons. The van der Waals surface area contributed by atoms with Crippen molar-refractivity contribution >= 4 is 17.4 Å². The molecule has 0 bridgehead atoms. The fourth-order valence-corrected chi connectivity index (χ4v) is 5.57. The third-order valence-electron chi connectivity index (χ3n) is 8.18. The maximum atomic E-state index is 13.6. The van der Waals surface area contributed by atoms with Crippen molar-refractivity contribution in [1.82, 2.24) is 9.80 Å². The average Bonchev–Trinajstić information content (AvgIpc) is 3.27. The lowest BCUT2D eigenvalue weighted by Crippen LogP contribution is -2.39. The second kappa shape index (κ2) is 16.0. The van der Waals surface area contributed by atoms with Gasteiger partial charge in [-0.25, -0.2) is 0 Å². The summed E-state index contributed by atoms with van der Waals surface area (Å²) in [5.41, 5.74) is 2.03. The van der Waals surface area contributed by atoms with Crippen LogP contribution in [0.4, 0.5) is 0 Å². The molecule has 1 amide bonds. The Morgan fingerprint density at radius 1 is 0.977 bits per heavy atom. The van der Waals surface area contributed by atoms with E-state index in [1.165, 1.54) is 0 Å². The van der Waals surface area contributed by atoms with Gasteiger partial charge in [-0.15, -0.1) is 0 Å². The number of aryl methyl sites for hydroxylation is 1. The van der Waals surface area contributed by atoms with E-state index in [1.807, 2.05) is 19.1 Å². The van der Waals surface area contributed by atoms with Crippen molar-refractivity contribution in [1.29, 1.82) is 0 Å². The summed E-state index contributed by atoms with van der Waals surface area (Å²) in [6, 6.07) is 10.0. The lowest BCUT2D eigenvalue weighted by molar-refractivity contribution is -0.140. The predicted octanol–water partition coefficient (Wildman–Crippen LogP) is 5.75. The van der Waals surface area contributed by atoms with Crippen LogP contribution >= 0.6 is 0 Å². The van der Waals surface area contributed by atoms with Crippen LogP contribution in [-0.4, -0.2) is 86.3 Å². The van der Waals surface area contributed by atoms with E-state index in [0.29, 0.717) is 67.9 Å². The number of aliphatic hydroxyl groups is 1. The summed E-state index contributed by atoms with van der Waals surface area (Å²) in [4.78, 5) is 31.0. The molecule has 2 heterocycles. The molecule has 2 aromatic rings. The number of ketones is 1. The number of hydrogen-bond acceptors (Lipinski definition) is 8. The van der Waals surface area contributed by atoms with Crippen molar-refractivity contribution in [2.45, 2.75) is 59.4 Å². The van der Waals surface area contributed by atoms with Crippen molar-refractivity contribution in [3.05, 3.63) is 58.7 Å². The molecule has 0 aliphatic carbocycles. The number of likely N-dealkylation sites (tertiary alicyclic amines) is 1. The lowest BCUT2D eigenvalue weighted by Gasteiger charge is -2.29. The summed E-state index contributed by atoms with van der Waals surface area (Å²) in [6.45, 7) is 13.7. The largest absolute Gasteiger partial charge is 0.507 e. The van der Waals surface area contributed by atoms with E-state index in [1.54, 1.807) is 36.3 Å². The zero-order valence-corrected chi connectivity index (χ0v) is 26.9. The summed E-state index contributed by atoms with van der Waals surface area (Å²) < 4.78 is 23.0. The molecular weight excluding hydrogens is 560 g/mol. The summed E-state index contributed by atoms with van der Waals surface area (Å²) in [5, 5.41) is 11.6. The number of nitrogens with zero attached hydrogens (tertiary/aromatic N) is 2. The Bertz CT molecular complexity index is 1320. The minimum absolute atomic E-state index is 0.0657. The van der Waals surface area contributed by atoms with Crippen LogP contribution in [0.3, 0.4) is 0 Å². The molecule has 0 spiro atoms. The second-order valence-electron chi connectivity index (χ2n) is 11.9. The topological polar surface area (TPSA) is 97.8 Å². The van der Waals surface area contributed by atoms with Gasteiger partial charge >= 0.3 is 0 Å². The summed E-state index contributed by atoms with van der Waals surface area (Å²) in [6.07, 6.45) is 3.55. The van der Waals surface area contributed by atoms with E-state index < -0.39 is 17.7 Å². The minimum Gasteiger partial charge on any atom is -0.507 e. The van der Waals surface area contributed by atoms with E-state index in [9.17, 15) is 14.7 Å². The van der Waals surface area contributed by atoms with Gasteiger partial charge in [0.05, 0.1) is 45.2 Å². The number of methoxy groups -OCH3 is 1. The highest BCUT2D eigenvalue weighted by Crippen LogP contribution is 2.42. The molecule has 1 unspecified atom stereocenters. The normalized spacial score (nSPS) is 18.7. The Kier molecular flexibility index (Phi) is 12.1. The van der Waals surface area contributed by atoms with Crippen LogP contribution in [0.5, 0.6) is 17.2 Å². The highest BCUT2D eigenvalue weighted by atomic mass is 16.5. The Balaban J connectivity index is 1.69. The van der Waals surface area contributed by atoms with Gasteiger partial charge in [0.2, 0.25) is 0 Å². The van der Waals surface area contributed by atoms with Crippen LogP contribution in [0.25, 0.3) is 5.76 Å². The van der Waals surface area contributed by atoms with Gasteiger partial charge in [-0.1, -0.05) is 33.3 Å². The molecule has 2 aliphatic heterocycles. The maximum absolute atomic E-state index is 13.6. The molecule has 2 aromatic carbocycles. The monoisotopic (exact) mass is 608 g/mol. The molecule has 9 heteroatoms. The Labute approximate surface area is 261 Å². The van der Waals surface area contributed by atoms with Crippen molar-refractivity contribution in [3.8, 4) is 17.2 Å². The number of morpholine rings is 1. The zero-order valence-electron chi connectivity index (χ0n) is 26.9. The van der Waals surface area contributed by atoms with Crippen molar-refractivity contribution in [2.75, 3.05) is 59.7 Å². The Morgan fingerprint density at radius 3 is 2.39 bits per heavy atom.